The van der Waals surface area contributed by atoms with Crippen molar-refractivity contribution in [3.8, 4) is 0 Å². The molecule has 0 atom stereocenters. The fourth-order valence-electron chi connectivity index (χ4n) is 1.56. The number of amides is 1. The van der Waals surface area contributed by atoms with Crippen LogP contribution in [0.4, 0.5) is 0 Å². The van der Waals surface area contributed by atoms with E-state index < -0.39 is 0 Å². The third kappa shape index (κ3) is 5.31. The van der Waals surface area contributed by atoms with Crippen molar-refractivity contribution in [3.63, 3.8) is 0 Å². The summed E-state index contributed by atoms with van der Waals surface area (Å²) in [6.07, 6.45) is 5.69. The quantitative estimate of drug-likeness (QED) is 0.686. The molecule has 1 amide bonds. The number of aromatic nitrogens is 2. The minimum Gasteiger partial charge on any atom is -0.355 e. The average Bonchev–Trinajstić information content (AvgIpc) is 2.74. The van der Waals surface area contributed by atoms with Crippen LogP contribution in [0.25, 0.3) is 0 Å². The number of carbonyl (C=O) groups excluding carboxylic acids is 1. The Balaban J connectivity index is 2.41. The molecule has 0 saturated heterocycles. The molecular formula is C13H24N4O. The Kier molecular flexibility index (Phi) is 6.43. The Bertz CT molecular complexity index is 360. The van der Waals surface area contributed by atoms with Gasteiger partial charge < -0.3 is 15.2 Å². The maximum atomic E-state index is 11.7. The van der Waals surface area contributed by atoms with Gasteiger partial charge in [0.25, 0.3) is 0 Å². The molecular weight excluding hydrogens is 228 g/mol. The smallest absolute Gasteiger partial charge is 0.239 e. The van der Waals surface area contributed by atoms with Crippen molar-refractivity contribution >= 4 is 5.91 Å². The minimum absolute atomic E-state index is 0.0484. The van der Waals surface area contributed by atoms with Gasteiger partial charge in [-0.15, -0.1) is 0 Å². The highest BCUT2D eigenvalue weighted by Crippen LogP contribution is 1.98. The molecule has 0 aromatic carbocycles. The summed E-state index contributed by atoms with van der Waals surface area (Å²) in [6, 6.07) is 0.411. The third-order valence-corrected chi connectivity index (χ3v) is 2.64. The third-order valence-electron chi connectivity index (χ3n) is 2.64. The molecule has 18 heavy (non-hydrogen) atoms. The Labute approximate surface area is 109 Å². The van der Waals surface area contributed by atoms with Gasteiger partial charge in [-0.1, -0.05) is 27.2 Å². The first kappa shape index (κ1) is 14.7. The first-order chi connectivity index (χ1) is 8.63. The standard InChI is InChI=1S/C13H24N4O/c1-4-5-6-15-13(18)10-17-8-7-14-12(17)9-16-11(2)3/h7-8,11,16H,4-6,9-10H2,1-3H3,(H,15,18). The van der Waals surface area contributed by atoms with Crippen LogP contribution in [0.5, 0.6) is 0 Å². The van der Waals surface area contributed by atoms with Crippen molar-refractivity contribution in [2.45, 2.75) is 52.7 Å². The highest BCUT2D eigenvalue weighted by Gasteiger charge is 2.07. The van der Waals surface area contributed by atoms with Crippen molar-refractivity contribution in [2.24, 2.45) is 0 Å². The van der Waals surface area contributed by atoms with E-state index in [1.807, 2.05) is 10.8 Å². The second-order valence-electron chi connectivity index (χ2n) is 4.71. The second kappa shape index (κ2) is 7.87. The van der Waals surface area contributed by atoms with Crippen LogP contribution >= 0.6 is 0 Å². The molecule has 1 aromatic rings. The van der Waals surface area contributed by atoms with Gasteiger partial charge in [0.1, 0.15) is 12.4 Å². The normalized spacial score (nSPS) is 10.9. The lowest BCUT2D eigenvalue weighted by molar-refractivity contribution is -0.121. The molecule has 0 aliphatic carbocycles. The lowest BCUT2D eigenvalue weighted by atomic mass is 10.3. The lowest BCUT2D eigenvalue weighted by Crippen LogP contribution is -2.30. The molecule has 0 radical (unpaired) electrons. The molecule has 102 valence electrons. The number of nitrogens with one attached hydrogen (secondary N) is 2. The first-order valence-electron chi connectivity index (χ1n) is 6.63. The summed E-state index contributed by atoms with van der Waals surface area (Å²) < 4.78 is 1.89. The number of carbonyl (C=O) groups is 1. The summed E-state index contributed by atoms with van der Waals surface area (Å²) in [6.45, 7) is 8.07. The SMILES string of the molecule is CCCCNC(=O)Cn1ccnc1CNC(C)C. The summed E-state index contributed by atoms with van der Waals surface area (Å²) in [5, 5.41) is 6.20. The van der Waals surface area contributed by atoms with Crippen LogP contribution in [0.15, 0.2) is 12.4 Å². The maximum Gasteiger partial charge on any atom is 0.239 e. The highest BCUT2D eigenvalue weighted by molar-refractivity contribution is 5.75. The van der Waals surface area contributed by atoms with Crippen molar-refractivity contribution in [1.29, 1.82) is 0 Å². The Hall–Kier alpha value is -1.36. The molecule has 0 aliphatic heterocycles. The molecule has 0 aliphatic rings. The summed E-state index contributed by atoms with van der Waals surface area (Å²) in [5.41, 5.74) is 0. The number of nitrogens with zero attached hydrogens (tertiary/aromatic N) is 2. The molecule has 0 saturated carbocycles. The van der Waals surface area contributed by atoms with Crippen molar-refractivity contribution < 1.29 is 4.79 Å². The number of rotatable bonds is 8. The molecule has 1 rings (SSSR count). The van der Waals surface area contributed by atoms with Gasteiger partial charge in [-0.25, -0.2) is 4.98 Å². The highest BCUT2D eigenvalue weighted by atomic mass is 16.1. The van der Waals surface area contributed by atoms with Gasteiger partial charge in [-0.3, -0.25) is 4.79 Å². The van der Waals surface area contributed by atoms with Crippen LogP contribution in [0, 0.1) is 0 Å². The number of hydrogen-bond acceptors (Lipinski definition) is 3. The monoisotopic (exact) mass is 252 g/mol. The van der Waals surface area contributed by atoms with E-state index in [2.05, 4.69) is 36.4 Å². The van der Waals surface area contributed by atoms with E-state index in [1.54, 1.807) is 6.20 Å². The van der Waals surface area contributed by atoms with E-state index in [0.717, 1.165) is 25.2 Å². The number of unbranched alkanes of at least 4 members (excludes halogenated alkanes) is 1. The van der Waals surface area contributed by atoms with E-state index in [4.69, 9.17) is 0 Å². The van der Waals surface area contributed by atoms with E-state index in [1.165, 1.54) is 0 Å². The van der Waals surface area contributed by atoms with Crippen LogP contribution in [-0.2, 0) is 17.9 Å². The summed E-state index contributed by atoms with van der Waals surface area (Å²) in [5.74, 6) is 0.946. The topological polar surface area (TPSA) is 59.0 Å². The molecule has 2 N–H and O–H groups in total. The summed E-state index contributed by atoms with van der Waals surface area (Å²) in [7, 11) is 0. The van der Waals surface area contributed by atoms with Gasteiger partial charge in [0.05, 0.1) is 6.54 Å². The van der Waals surface area contributed by atoms with Crippen molar-refractivity contribution in [3.05, 3.63) is 18.2 Å². The molecule has 1 heterocycles. The maximum absolute atomic E-state index is 11.7. The van der Waals surface area contributed by atoms with E-state index in [-0.39, 0.29) is 5.91 Å². The zero-order valence-corrected chi connectivity index (χ0v) is 11.6. The van der Waals surface area contributed by atoms with Gasteiger partial charge in [0, 0.05) is 25.0 Å². The van der Waals surface area contributed by atoms with Gasteiger partial charge >= 0.3 is 0 Å². The van der Waals surface area contributed by atoms with Crippen LogP contribution in [-0.4, -0.2) is 28.0 Å². The Morgan fingerprint density at radius 3 is 2.94 bits per heavy atom. The molecule has 0 bridgehead atoms. The lowest BCUT2D eigenvalue weighted by Gasteiger charge is -2.11. The molecule has 0 spiro atoms. The first-order valence-corrected chi connectivity index (χ1v) is 6.63. The number of imidazole rings is 1. The fourth-order valence-corrected chi connectivity index (χ4v) is 1.56. The van der Waals surface area contributed by atoms with Crippen LogP contribution in [0.3, 0.4) is 0 Å². The van der Waals surface area contributed by atoms with Gasteiger partial charge in [0.2, 0.25) is 5.91 Å². The van der Waals surface area contributed by atoms with E-state index in [0.29, 0.717) is 19.1 Å². The van der Waals surface area contributed by atoms with E-state index >= 15 is 0 Å². The molecule has 0 fully saturated rings. The van der Waals surface area contributed by atoms with Crippen LogP contribution < -0.4 is 10.6 Å². The largest absolute Gasteiger partial charge is 0.355 e. The van der Waals surface area contributed by atoms with Crippen molar-refractivity contribution in [2.75, 3.05) is 6.54 Å². The average molecular weight is 252 g/mol. The Morgan fingerprint density at radius 1 is 1.50 bits per heavy atom. The fraction of sp³-hybridized carbons (Fsp3) is 0.692. The zero-order valence-electron chi connectivity index (χ0n) is 11.6. The van der Waals surface area contributed by atoms with Crippen molar-refractivity contribution in [1.82, 2.24) is 20.2 Å². The summed E-state index contributed by atoms with van der Waals surface area (Å²) in [4.78, 5) is 16.0. The molecule has 0 unspecified atom stereocenters. The Morgan fingerprint density at radius 2 is 2.28 bits per heavy atom. The molecule has 5 heteroatoms. The molecule has 5 nitrogen and oxygen atoms in total. The number of hydrogen-bond donors (Lipinski definition) is 2. The zero-order chi connectivity index (χ0) is 13.4. The predicted molar refractivity (Wildman–Crippen MR) is 72.1 cm³/mol. The van der Waals surface area contributed by atoms with Crippen LogP contribution in [0.2, 0.25) is 0 Å². The van der Waals surface area contributed by atoms with Gasteiger partial charge in [-0.05, 0) is 6.42 Å². The second-order valence-corrected chi connectivity index (χ2v) is 4.71. The predicted octanol–water partition coefficient (Wildman–Crippen LogP) is 1.30. The minimum atomic E-state index is 0.0484. The van der Waals surface area contributed by atoms with E-state index in [9.17, 15) is 4.79 Å². The molecule has 1 aromatic heterocycles. The van der Waals surface area contributed by atoms with Gasteiger partial charge in [-0.2, -0.15) is 0 Å². The van der Waals surface area contributed by atoms with Gasteiger partial charge in [0.15, 0.2) is 0 Å². The van der Waals surface area contributed by atoms with Crippen LogP contribution in [0.1, 0.15) is 39.4 Å². The summed E-state index contributed by atoms with van der Waals surface area (Å²) >= 11 is 0.